The quantitative estimate of drug-likeness (QED) is 0.401. The number of nitrogens with zero attached hydrogens (tertiary/aromatic N) is 1. The van der Waals surface area contributed by atoms with Gasteiger partial charge in [-0.3, -0.25) is 9.78 Å². The summed E-state index contributed by atoms with van der Waals surface area (Å²) in [5.41, 5.74) is 1.14. The number of hydrogen-bond acceptors (Lipinski definition) is 7. The standard InChI is InChI=1S/C18H17BrN2O6S/c1-11(22)26-17-15(23)16(27-18(17)21-28(24,25)8-4-7-19)13-9-12-5-2-3-6-14(12)20-10-13/h2-3,5-6,9-10,21,23H,4,7-8H2,1H3. The Morgan fingerprint density at radius 3 is 2.82 bits per heavy atom. The van der Waals surface area contributed by atoms with Gasteiger partial charge in [-0.25, -0.2) is 13.1 Å². The van der Waals surface area contributed by atoms with Crippen LogP contribution in [-0.2, 0) is 14.8 Å². The topological polar surface area (TPSA) is 119 Å². The lowest BCUT2D eigenvalue weighted by molar-refractivity contribution is -0.131. The van der Waals surface area contributed by atoms with Crippen molar-refractivity contribution in [3.8, 4) is 22.8 Å². The lowest BCUT2D eigenvalue weighted by atomic mass is 10.1. The number of furan rings is 1. The van der Waals surface area contributed by atoms with Crippen LogP contribution in [0, 0.1) is 0 Å². The molecule has 0 fully saturated rings. The molecule has 0 bridgehead atoms. The number of hydrogen-bond donors (Lipinski definition) is 2. The van der Waals surface area contributed by atoms with E-state index in [9.17, 15) is 18.3 Å². The second kappa shape index (κ2) is 8.19. The van der Waals surface area contributed by atoms with Crippen LogP contribution in [0.15, 0.2) is 40.9 Å². The van der Waals surface area contributed by atoms with Crippen molar-refractivity contribution in [2.75, 3.05) is 15.8 Å². The highest BCUT2D eigenvalue weighted by Crippen LogP contribution is 2.46. The molecule has 10 heteroatoms. The molecule has 2 aromatic heterocycles. The Kier molecular flexibility index (Phi) is 5.90. The summed E-state index contributed by atoms with van der Waals surface area (Å²) in [6.45, 7) is 1.13. The first-order valence-corrected chi connectivity index (χ1v) is 11.0. The van der Waals surface area contributed by atoms with E-state index in [1.54, 1.807) is 6.07 Å². The molecule has 0 saturated heterocycles. The molecule has 148 valence electrons. The second-order valence-electron chi connectivity index (χ2n) is 5.91. The van der Waals surface area contributed by atoms with E-state index < -0.39 is 27.5 Å². The average molecular weight is 469 g/mol. The van der Waals surface area contributed by atoms with E-state index in [0.29, 0.717) is 17.3 Å². The molecule has 0 spiro atoms. The molecule has 3 aromatic rings. The molecule has 2 heterocycles. The summed E-state index contributed by atoms with van der Waals surface area (Å²) in [5.74, 6) is -2.23. The van der Waals surface area contributed by atoms with Crippen molar-refractivity contribution in [1.29, 1.82) is 0 Å². The molecule has 8 nitrogen and oxygen atoms in total. The van der Waals surface area contributed by atoms with E-state index in [1.165, 1.54) is 6.20 Å². The SMILES string of the molecule is CC(=O)Oc1c(NS(=O)(=O)CCCBr)oc(-c2cnc3ccccc3c2)c1O. The number of anilines is 1. The third-order valence-electron chi connectivity index (χ3n) is 3.73. The smallest absolute Gasteiger partial charge is 0.308 e. The van der Waals surface area contributed by atoms with Crippen LogP contribution >= 0.6 is 15.9 Å². The van der Waals surface area contributed by atoms with Gasteiger partial charge in [0.15, 0.2) is 5.76 Å². The number of carbonyl (C=O) groups is 1. The first-order valence-electron chi connectivity index (χ1n) is 8.26. The number of nitrogens with one attached hydrogen (secondary N) is 1. The molecule has 1 aromatic carbocycles. The predicted molar refractivity (Wildman–Crippen MR) is 108 cm³/mol. The molecule has 0 atom stereocenters. The average Bonchev–Trinajstić information content (AvgIpc) is 2.94. The molecule has 0 aliphatic heterocycles. The zero-order valence-electron chi connectivity index (χ0n) is 14.8. The highest BCUT2D eigenvalue weighted by Gasteiger charge is 2.27. The van der Waals surface area contributed by atoms with Gasteiger partial charge in [0.25, 0.3) is 5.88 Å². The van der Waals surface area contributed by atoms with Crippen LogP contribution < -0.4 is 9.46 Å². The molecular formula is C18H17BrN2O6S. The molecule has 0 aliphatic rings. The normalized spacial score (nSPS) is 11.5. The van der Waals surface area contributed by atoms with Gasteiger partial charge in [-0.05, 0) is 18.6 Å². The minimum absolute atomic E-state index is 0.0623. The van der Waals surface area contributed by atoms with Gasteiger partial charge in [0, 0.05) is 29.4 Å². The van der Waals surface area contributed by atoms with E-state index in [2.05, 4.69) is 25.6 Å². The summed E-state index contributed by atoms with van der Waals surface area (Å²) in [4.78, 5) is 15.7. The van der Waals surface area contributed by atoms with E-state index >= 15 is 0 Å². The minimum atomic E-state index is -3.77. The van der Waals surface area contributed by atoms with E-state index in [0.717, 1.165) is 17.8 Å². The zero-order chi connectivity index (χ0) is 20.3. The molecule has 2 N–H and O–H groups in total. The van der Waals surface area contributed by atoms with Gasteiger partial charge in [-0.1, -0.05) is 34.1 Å². The Bertz CT molecular complexity index is 1130. The number of halogens is 1. The second-order valence-corrected chi connectivity index (χ2v) is 8.55. The predicted octanol–water partition coefficient (Wildman–Crippen LogP) is 3.65. The number of rotatable bonds is 7. The molecule has 0 saturated carbocycles. The number of carbonyl (C=O) groups excluding carboxylic acids is 1. The van der Waals surface area contributed by atoms with Crippen LogP contribution in [0.25, 0.3) is 22.2 Å². The Balaban J connectivity index is 2.06. The maximum Gasteiger partial charge on any atom is 0.308 e. The largest absolute Gasteiger partial charge is 0.502 e. The van der Waals surface area contributed by atoms with Crippen LogP contribution in [-0.4, -0.2) is 35.6 Å². The maximum absolute atomic E-state index is 12.2. The van der Waals surface area contributed by atoms with Gasteiger partial charge in [-0.15, -0.1) is 0 Å². The van der Waals surface area contributed by atoms with Crippen LogP contribution in [0.1, 0.15) is 13.3 Å². The number of ether oxygens (including phenoxy) is 1. The Morgan fingerprint density at radius 1 is 1.36 bits per heavy atom. The minimum Gasteiger partial charge on any atom is -0.502 e. The number of para-hydroxylation sites is 1. The van der Waals surface area contributed by atoms with Crippen molar-refractivity contribution >= 4 is 48.7 Å². The molecule has 28 heavy (non-hydrogen) atoms. The summed E-state index contributed by atoms with van der Waals surface area (Å²) in [6.07, 6.45) is 1.84. The van der Waals surface area contributed by atoms with Crippen molar-refractivity contribution in [1.82, 2.24) is 4.98 Å². The summed E-state index contributed by atoms with van der Waals surface area (Å²) in [6, 6.07) is 9.07. The Hall–Kier alpha value is -2.59. The molecule has 3 rings (SSSR count). The fraction of sp³-hybridized carbons (Fsp3) is 0.222. The van der Waals surface area contributed by atoms with E-state index in [1.807, 2.05) is 24.3 Å². The van der Waals surface area contributed by atoms with Crippen LogP contribution in [0.5, 0.6) is 11.5 Å². The number of sulfonamides is 1. The van der Waals surface area contributed by atoms with E-state index in [4.69, 9.17) is 9.15 Å². The van der Waals surface area contributed by atoms with Gasteiger partial charge >= 0.3 is 5.97 Å². The lowest BCUT2D eigenvalue weighted by Crippen LogP contribution is -2.17. The van der Waals surface area contributed by atoms with Crippen LogP contribution in [0.3, 0.4) is 0 Å². The van der Waals surface area contributed by atoms with Crippen molar-refractivity contribution in [2.24, 2.45) is 0 Å². The zero-order valence-corrected chi connectivity index (χ0v) is 17.2. The van der Waals surface area contributed by atoms with Crippen molar-refractivity contribution in [3.05, 3.63) is 36.5 Å². The molecule has 0 amide bonds. The lowest BCUT2D eigenvalue weighted by Gasteiger charge is -2.06. The van der Waals surface area contributed by atoms with Gasteiger partial charge in [0.05, 0.1) is 11.3 Å². The van der Waals surface area contributed by atoms with E-state index in [-0.39, 0.29) is 17.4 Å². The first kappa shape index (κ1) is 20.2. The highest BCUT2D eigenvalue weighted by atomic mass is 79.9. The fourth-order valence-electron chi connectivity index (χ4n) is 2.54. The summed E-state index contributed by atoms with van der Waals surface area (Å²) < 4.78 is 37.1. The molecular weight excluding hydrogens is 452 g/mol. The first-order chi connectivity index (χ1) is 13.3. The number of fused-ring (bicyclic) bond motifs is 1. The van der Waals surface area contributed by atoms with Crippen LogP contribution in [0.4, 0.5) is 5.88 Å². The number of benzene rings is 1. The molecule has 0 unspecified atom stereocenters. The van der Waals surface area contributed by atoms with Crippen molar-refractivity contribution in [3.63, 3.8) is 0 Å². The highest BCUT2D eigenvalue weighted by molar-refractivity contribution is 9.09. The van der Waals surface area contributed by atoms with Gasteiger partial charge in [0.2, 0.25) is 21.5 Å². The Morgan fingerprint density at radius 2 is 2.11 bits per heavy atom. The number of esters is 1. The van der Waals surface area contributed by atoms with Gasteiger partial charge < -0.3 is 14.3 Å². The van der Waals surface area contributed by atoms with Crippen LogP contribution in [0.2, 0.25) is 0 Å². The third-order valence-corrected chi connectivity index (χ3v) is 5.62. The van der Waals surface area contributed by atoms with Crippen molar-refractivity contribution in [2.45, 2.75) is 13.3 Å². The Labute approximate surface area is 169 Å². The van der Waals surface area contributed by atoms with Gasteiger partial charge in [-0.2, -0.15) is 0 Å². The summed E-state index contributed by atoms with van der Waals surface area (Å²) in [5, 5.41) is 11.8. The monoisotopic (exact) mass is 468 g/mol. The third kappa shape index (κ3) is 4.45. The summed E-state index contributed by atoms with van der Waals surface area (Å²) >= 11 is 3.17. The molecule has 0 radical (unpaired) electrons. The number of aromatic nitrogens is 1. The number of pyridine rings is 1. The van der Waals surface area contributed by atoms with Gasteiger partial charge in [0.1, 0.15) is 0 Å². The number of aromatic hydroxyl groups is 1. The van der Waals surface area contributed by atoms with Crippen molar-refractivity contribution < 1.29 is 27.5 Å². The molecule has 0 aliphatic carbocycles. The maximum atomic E-state index is 12.2. The number of alkyl halides is 1. The summed E-state index contributed by atoms with van der Waals surface area (Å²) in [7, 11) is -3.77. The fourth-order valence-corrected chi connectivity index (χ4v) is 4.24.